The molecule has 1 aliphatic rings. The largest absolute Gasteiger partial charge is 0.342 e. The van der Waals surface area contributed by atoms with Gasteiger partial charge in [-0.1, -0.05) is 12.1 Å². The number of carbonyl (C=O) groups excluding carboxylic acids is 1. The highest BCUT2D eigenvalue weighted by Gasteiger charge is 2.23. The topological polar surface area (TPSA) is 84.1 Å². The number of piperidine rings is 1. The standard InChI is InChI=1S/C17H21N5O/c18-12-17(23)22-10-7-13(8-11-22)14-4-3-6-16(20-14)21-15-5-1-2-9-19-15/h1-6,9,13H,7-8,10-12,18H2,(H,19,20,21). The van der Waals surface area contributed by atoms with Crippen LogP contribution in [0.3, 0.4) is 0 Å². The molecule has 0 atom stereocenters. The summed E-state index contributed by atoms with van der Waals surface area (Å²) < 4.78 is 0. The Morgan fingerprint density at radius 1 is 1.17 bits per heavy atom. The van der Waals surface area contributed by atoms with E-state index in [2.05, 4.69) is 16.4 Å². The summed E-state index contributed by atoms with van der Waals surface area (Å²) in [5, 5.41) is 3.22. The van der Waals surface area contributed by atoms with Crippen LogP contribution in [0, 0.1) is 0 Å². The predicted octanol–water partition coefficient (Wildman–Crippen LogP) is 1.88. The van der Waals surface area contributed by atoms with E-state index < -0.39 is 0 Å². The lowest BCUT2D eigenvalue weighted by Crippen LogP contribution is -2.41. The number of nitrogens with two attached hydrogens (primary N) is 1. The van der Waals surface area contributed by atoms with Crippen LogP contribution in [0.4, 0.5) is 11.6 Å². The molecule has 0 bridgehead atoms. The summed E-state index contributed by atoms with van der Waals surface area (Å²) in [6.45, 7) is 1.59. The van der Waals surface area contributed by atoms with Gasteiger partial charge in [-0.05, 0) is 37.1 Å². The van der Waals surface area contributed by atoms with E-state index in [1.807, 2.05) is 35.2 Å². The Kier molecular flexibility index (Phi) is 4.83. The molecule has 3 N–H and O–H groups in total. The molecular weight excluding hydrogens is 290 g/mol. The molecule has 1 fully saturated rings. The summed E-state index contributed by atoms with van der Waals surface area (Å²) in [5.41, 5.74) is 6.48. The minimum atomic E-state index is 0.0296. The van der Waals surface area contributed by atoms with Crippen molar-refractivity contribution >= 4 is 17.5 Å². The lowest BCUT2D eigenvalue weighted by Gasteiger charge is -2.31. The average molecular weight is 311 g/mol. The smallest absolute Gasteiger partial charge is 0.236 e. The maximum Gasteiger partial charge on any atom is 0.236 e. The van der Waals surface area contributed by atoms with Crippen LogP contribution in [0.15, 0.2) is 42.6 Å². The molecule has 3 rings (SSSR count). The van der Waals surface area contributed by atoms with Gasteiger partial charge in [0.2, 0.25) is 5.91 Å². The van der Waals surface area contributed by atoms with E-state index in [0.717, 1.165) is 43.3 Å². The number of carbonyl (C=O) groups is 1. The molecule has 6 heteroatoms. The zero-order valence-electron chi connectivity index (χ0n) is 13.0. The second kappa shape index (κ2) is 7.19. The Morgan fingerprint density at radius 3 is 2.65 bits per heavy atom. The number of anilines is 2. The molecule has 3 heterocycles. The lowest BCUT2D eigenvalue weighted by atomic mass is 9.93. The number of hydrogen-bond donors (Lipinski definition) is 2. The van der Waals surface area contributed by atoms with Crippen LogP contribution in [0.2, 0.25) is 0 Å². The normalized spacial score (nSPS) is 15.4. The van der Waals surface area contributed by atoms with Crippen molar-refractivity contribution in [1.29, 1.82) is 0 Å². The quantitative estimate of drug-likeness (QED) is 0.900. The van der Waals surface area contributed by atoms with Crippen molar-refractivity contribution in [3.63, 3.8) is 0 Å². The van der Waals surface area contributed by atoms with E-state index in [0.29, 0.717) is 5.92 Å². The maximum atomic E-state index is 11.6. The Bertz CT molecular complexity index is 653. The van der Waals surface area contributed by atoms with Crippen LogP contribution in [0.25, 0.3) is 0 Å². The summed E-state index contributed by atoms with van der Waals surface area (Å²) in [4.78, 5) is 22.4. The van der Waals surface area contributed by atoms with Gasteiger partial charge >= 0.3 is 0 Å². The van der Waals surface area contributed by atoms with Gasteiger partial charge < -0.3 is 16.0 Å². The average Bonchev–Trinajstić information content (AvgIpc) is 2.62. The third-order valence-corrected chi connectivity index (χ3v) is 4.13. The Labute approximate surface area is 135 Å². The maximum absolute atomic E-state index is 11.6. The highest BCUT2D eigenvalue weighted by Crippen LogP contribution is 2.27. The van der Waals surface area contributed by atoms with Gasteiger partial charge in [0.25, 0.3) is 0 Å². The first-order valence-corrected chi connectivity index (χ1v) is 7.89. The molecule has 1 saturated heterocycles. The van der Waals surface area contributed by atoms with E-state index in [9.17, 15) is 4.79 Å². The molecule has 0 aromatic carbocycles. The second-order valence-electron chi connectivity index (χ2n) is 5.65. The molecule has 0 spiro atoms. The number of nitrogens with zero attached hydrogens (tertiary/aromatic N) is 3. The summed E-state index contributed by atoms with van der Waals surface area (Å²) in [6, 6.07) is 11.7. The number of hydrogen-bond acceptors (Lipinski definition) is 5. The van der Waals surface area contributed by atoms with E-state index in [1.54, 1.807) is 6.20 Å². The molecule has 6 nitrogen and oxygen atoms in total. The van der Waals surface area contributed by atoms with Crippen LogP contribution >= 0.6 is 0 Å². The molecule has 0 aliphatic carbocycles. The Morgan fingerprint density at radius 2 is 1.96 bits per heavy atom. The lowest BCUT2D eigenvalue weighted by molar-refractivity contribution is -0.130. The van der Waals surface area contributed by atoms with Gasteiger partial charge in [0, 0.05) is 30.9 Å². The predicted molar refractivity (Wildman–Crippen MR) is 89.4 cm³/mol. The minimum Gasteiger partial charge on any atom is -0.342 e. The van der Waals surface area contributed by atoms with Gasteiger partial charge in [-0.3, -0.25) is 4.79 Å². The molecule has 0 unspecified atom stereocenters. The summed E-state index contributed by atoms with van der Waals surface area (Å²) in [6.07, 6.45) is 3.59. The van der Waals surface area contributed by atoms with Crippen molar-refractivity contribution in [2.24, 2.45) is 5.73 Å². The molecule has 1 aliphatic heterocycles. The van der Waals surface area contributed by atoms with Crippen molar-refractivity contribution in [2.45, 2.75) is 18.8 Å². The number of aromatic nitrogens is 2. The third kappa shape index (κ3) is 3.84. The fraction of sp³-hybridized carbons (Fsp3) is 0.353. The number of nitrogens with one attached hydrogen (secondary N) is 1. The second-order valence-corrected chi connectivity index (χ2v) is 5.65. The zero-order chi connectivity index (χ0) is 16.1. The van der Waals surface area contributed by atoms with Crippen molar-refractivity contribution in [1.82, 2.24) is 14.9 Å². The van der Waals surface area contributed by atoms with Crippen molar-refractivity contribution in [3.05, 3.63) is 48.3 Å². The molecule has 0 radical (unpaired) electrons. The van der Waals surface area contributed by atoms with Crippen molar-refractivity contribution in [3.8, 4) is 0 Å². The Balaban J connectivity index is 1.65. The van der Waals surface area contributed by atoms with E-state index in [1.165, 1.54) is 0 Å². The van der Waals surface area contributed by atoms with Gasteiger partial charge in [-0.15, -0.1) is 0 Å². The third-order valence-electron chi connectivity index (χ3n) is 4.13. The molecule has 23 heavy (non-hydrogen) atoms. The van der Waals surface area contributed by atoms with Crippen LogP contribution in [0.1, 0.15) is 24.5 Å². The molecule has 0 saturated carbocycles. The first kappa shape index (κ1) is 15.4. The molecule has 2 aromatic rings. The van der Waals surface area contributed by atoms with Gasteiger partial charge in [0.1, 0.15) is 11.6 Å². The molecule has 1 amide bonds. The molecule has 120 valence electrons. The van der Waals surface area contributed by atoms with Crippen molar-refractivity contribution in [2.75, 3.05) is 25.0 Å². The van der Waals surface area contributed by atoms with Gasteiger partial charge in [0.15, 0.2) is 0 Å². The zero-order valence-corrected chi connectivity index (χ0v) is 13.0. The number of rotatable bonds is 4. The summed E-state index contributed by atoms with van der Waals surface area (Å²) >= 11 is 0. The molecule has 2 aromatic heterocycles. The highest BCUT2D eigenvalue weighted by molar-refractivity contribution is 5.78. The summed E-state index contributed by atoms with van der Waals surface area (Å²) in [5.74, 6) is 1.98. The highest BCUT2D eigenvalue weighted by atomic mass is 16.2. The van der Waals surface area contributed by atoms with Crippen LogP contribution < -0.4 is 11.1 Å². The van der Waals surface area contributed by atoms with E-state index in [-0.39, 0.29) is 12.5 Å². The first-order valence-electron chi connectivity index (χ1n) is 7.89. The number of pyridine rings is 2. The van der Waals surface area contributed by atoms with Gasteiger partial charge in [-0.2, -0.15) is 0 Å². The number of amides is 1. The monoisotopic (exact) mass is 311 g/mol. The SMILES string of the molecule is NCC(=O)N1CCC(c2cccc(Nc3ccccn3)n2)CC1. The van der Waals surface area contributed by atoms with Crippen LogP contribution in [-0.2, 0) is 4.79 Å². The first-order chi connectivity index (χ1) is 11.3. The van der Waals surface area contributed by atoms with Gasteiger partial charge in [-0.25, -0.2) is 9.97 Å². The molecular formula is C17H21N5O. The number of likely N-dealkylation sites (tertiary alicyclic amines) is 1. The van der Waals surface area contributed by atoms with E-state index in [4.69, 9.17) is 10.7 Å². The van der Waals surface area contributed by atoms with Crippen LogP contribution in [0.5, 0.6) is 0 Å². The Hall–Kier alpha value is -2.47. The van der Waals surface area contributed by atoms with E-state index >= 15 is 0 Å². The summed E-state index contributed by atoms with van der Waals surface area (Å²) in [7, 11) is 0. The fourth-order valence-corrected chi connectivity index (χ4v) is 2.87. The van der Waals surface area contributed by atoms with Crippen molar-refractivity contribution < 1.29 is 4.79 Å². The minimum absolute atomic E-state index is 0.0296. The van der Waals surface area contributed by atoms with Crippen LogP contribution in [-0.4, -0.2) is 40.4 Å². The fourth-order valence-electron chi connectivity index (χ4n) is 2.87. The van der Waals surface area contributed by atoms with Gasteiger partial charge in [0.05, 0.1) is 6.54 Å².